The van der Waals surface area contributed by atoms with E-state index in [0.29, 0.717) is 0 Å². The van der Waals surface area contributed by atoms with E-state index >= 15 is 0 Å². The van der Waals surface area contributed by atoms with Gasteiger partial charge in [0.2, 0.25) is 0 Å². The van der Waals surface area contributed by atoms with E-state index in [-0.39, 0.29) is 17.5 Å². The molecule has 0 amide bonds. The molecule has 0 bridgehead atoms. The number of ether oxygens (including phenoxy) is 1. The van der Waals surface area contributed by atoms with Crippen molar-refractivity contribution in [2.45, 2.75) is 124 Å². The summed E-state index contributed by atoms with van der Waals surface area (Å²) in [6.07, 6.45) is 14.3. The number of rotatable bonds is 15. The van der Waals surface area contributed by atoms with Gasteiger partial charge in [0.25, 0.3) is 0 Å². The van der Waals surface area contributed by atoms with Crippen LogP contribution in [0.15, 0.2) is 0 Å². The smallest absolute Gasteiger partial charge is 0.309 e. The van der Waals surface area contributed by atoms with E-state index in [4.69, 9.17) is 4.74 Å². The second-order valence-corrected chi connectivity index (χ2v) is 7.16. The number of unbranched alkanes of at least 4 members (excludes halogenated alkanes) is 4. The normalized spacial score (nSPS) is 13.1. The lowest BCUT2D eigenvalue weighted by molar-refractivity contribution is -0.168. The van der Waals surface area contributed by atoms with E-state index in [0.717, 1.165) is 64.2 Å². The van der Waals surface area contributed by atoms with Crippen LogP contribution in [-0.4, -0.2) is 11.6 Å². The largest absolute Gasteiger partial charge is 0.459 e. The zero-order chi connectivity index (χ0) is 17.6. The molecule has 0 aliphatic carbocycles. The zero-order valence-electron chi connectivity index (χ0n) is 16.6. The fraction of sp³-hybridized carbons (Fsp3) is 0.952. The van der Waals surface area contributed by atoms with Crippen LogP contribution in [0.1, 0.15) is 118 Å². The molecular formula is C21H42O2. The Hall–Kier alpha value is -0.530. The molecule has 0 aromatic rings. The quantitative estimate of drug-likeness (QED) is 0.301. The van der Waals surface area contributed by atoms with Gasteiger partial charge in [-0.25, -0.2) is 0 Å². The van der Waals surface area contributed by atoms with Crippen LogP contribution in [-0.2, 0) is 9.53 Å². The van der Waals surface area contributed by atoms with Gasteiger partial charge in [-0.3, -0.25) is 4.79 Å². The lowest BCUT2D eigenvalue weighted by atomic mass is 9.85. The summed E-state index contributed by atoms with van der Waals surface area (Å²) in [4.78, 5) is 12.8. The first-order chi connectivity index (χ1) is 11.1. The Labute approximate surface area is 145 Å². The number of esters is 1. The van der Waals surface area contributed by atoms with Gasteiger partial charge in [0.1, 0.15) is 5.60 Å². The number of hydrogen-bond acceptors (Lipinski definition) is 2. The molecule has 0 aromatic heterocycles. The molecule has 0 fully saturated rings. The van der Waals surface area contributed by atoms with Crippen LogP contribution < -0.4 is 0 Å². The maximum Gasteiger partial charge on any atom is 0.309 e. The van der Waals surface area contributed by atoms with E-state index in [9.17, 15) is 4.79 Å². The fourth-order valence-electron chi connectivity index (χ4n) is 3.26. The van der Waals surface area contributed by atoms with E-state index in [2.05, 4.69) is 34.6 Å². The third-order valence-corrected chi connectivity index (χ3v) is 5.01. The summed E-state index contributed by atoms with van der Waals surface area (Å²) < 4.78 is 6.26. The Kier molecular flexibility index (Phi) is 13.5. The van der Waals surface area contributed by atoms with Gasteiger partial charge in [0.05, 0.1) is 5.92 Å². The number of hydrogen-bond donors (Lipinski definition) is 0. The van der Waals surface area contributed by atoms with Crippen molar-refractivity contribution in [3.63, 3.8) is 0 Å². The molecule has 0 aliphatic rings. The molecule has 1 atom stereocenters. The molecule has 0 saturated carbocycles. The molecule has 2 nitrogen and oxygen atoms in total. The summed E-state index contributed by atoms with van der Waals surface area (Å²) in [5, 5.41) is 0. The first-order valence-electron chi connectivity index (χ1n) is 10.3. The minimum absolute atomic E-state index is 0.0734. The van der Waals surface area contributed by atoms with Gasteiger partial charge in [0.15, 0.2) is 0 Å². The molecule has 0 radical (unpaired) electrons. The molecule has 23 heavy (non-hydrogen) atoms. The zero-order valence-corrected chi connectivity index (χ0v) is 16.6. The van der Waals surface area contributed by atoms with Crippen LogP contribution in [0.4, 0.5) is 0 Å². The third-order valence-electron chi connectivity index (χ3n) is 5.01. The van der Waals surface area contributed by atoms with Gasteiger partial charge in [-0.05, 0) is 51.4 Å². The molecule has 0 heterocycles. The maximum absolute atomic E-state index is 12.8. The summed E-state index contributed by atoms with van der Waals surface area (Å²) in [6, 6.07) is 0. The lowest BCUT2D eigenvalue weighted by Gasteiger charge is -2.35. The highest BCUT2D eigenvalue weighted by Gasteiger charge is 2.34. The molecule has 0 spiro atoms. The van der Waals surface area contributed by atoms with E-state index < -0.39 is 0 Å². The average molecular weight is 327 g/mol. The minimum Gasteiger partial charge on any atom is -0.459 e. The summed E-state index contributed by atoms with van der Waals surface area (Å²) in [6.45, 7) is 11.0. The molecular weight excluding hydrogens is 284 g/mol. The SMILES string of the molecule is CCCCC(CC)C(=O)OC(CCCC)(CCCC)CCCC. The molecule has 0 N–H and O–H groups in total. The fourth-order valence-corrected chi connectivity index (χ4v) is 3.26. The van der Waals surface area contributed by atoms with Crippen LogP contribution in [0, 0.1) is 5.92 Å². The second-order valence-electron chi connectivity index (χ2n) is 7.16. The monoisotopic (exact) mass is 326 g/mol. The van der Waals surface area contributed by atoms with Crippen molar-refractivity contribution in [1.82, 2.24) is 0 Å². The van der Waals surface area contributed by atoms with Gasteiger partial charge in [-0.2, -0.15) is 0 Å². The van der Waals surface area contributed by atoms with Crippen molar-refractivity contribution >= 4 is 5.97 Å². The number of carbonyl (C=O) groups is 1. The highest BCUT2D eigenvalue weighted by molar-refractivity contribution is 5.72. The van der Waals surface area contributed by atoms with Gasteiger partial charge in [-0.15, -0.1) is 0 Å². The van der Waals surface area contributed by atoms with Crippen molar-refractivity contribution < 1.29 is 9.53 Å². The minimum atomic E-state index is -0.196. The molecule has 138 valence electrons. The third kappa shape index (κ3) is 9.37. The Balaban J connectivity index is 4.99. The highest BCUT2D eigenvalue weighted by atomic mass is 16.6. The van der Waals surface area contributed by atoms with Crippen molar-refractivity contribution in [3.8, 4) is 0 Å². The summed E-state index contributed by atoms with van der Waals surface area (Å²) in [7, 11) is 0. The maximum atomic E-state index is 12.8. The van der Waals surface area contributed by atoms with Gasteiger partial charge in [-0.1, -0.05) is 66.7 Å². The standard InChI is InChI=1S/C21H42O2/c1-6-11-15-19(10-5)20(22)23-21(16-12-7-2,17-13-8-3)18-14-9-4/h19H,6-18H2,1-5H3. The van der Waals surface area contributed by atoms with Crippen LogP contribution in [0.25, 0.3) is 0 Å². The first-order valence-corrected chi connectivity index (χ1v) is 10.3. The van der Waals surface area contributed by atoms with Crippen molar-refractivity contribution in [2.24, 2.45) is 5.92 Å². The van der Waals surface area contributed by atoms with E-state index in [1.807, 2.05) is 0 Å². The molecule has 0 aliphatic heterocycles. The molecule has 0 rings (SSSR count). The Morgan fingerprint density at radius 2 is 1.22 bits per heavy atom. The van der Waals surface area contributed by atoms with Crippen molar-refractivity contribution in [2.75, 3.05) is 0 Å². The van der Waals surface area contributed by atoms with Crippen molar-refractivity contribution in [3.05, 3.63) is 0 Å². The van der Waals surface area contributed by atoms with Crippen molar-refractivity contribution in [1.29, 1.82) is 0 Å². The van der Waals surface area contributed by atoms with E-state index in [1.54, 1.807) is 0 Å². The Bertz CT molecular complexity index is 264. The lowest BCUT2D eigenvalue weighted by Crippen LogP contribution is -2.37. The van der Waals surface area contributed by atoms with Gasteiger partial charge in [0, 0.05) is 0 Å². The van der Waals surface area contributed by atoms with Crippen LogP contribution in [0.3, 0.4) is 0 Å². The molecule has 1 unspecified atom stereocenters. The highest BCUT2D eigenvalue weighted by Crippen LogP contribution is 2.33. The predicted molar refractivity (Wildman–Crippen MR) is 101 cm³/mol. The van der Waals surface area contributed by atoms with Gasteiger partial charge < -0.3 is 4.74 Å². The Morgan fingerprint density at radius 1 is 0.783 bits per heavy atom. The first kappa shape index (κ1) is 22.5. The molecule has 0 aromatic carbocycles. The average Bonchev–Trinajstić information content (AvgIpc) is 2.56. The van der Waals surface area contributed by atoms with Crippen LogP contribution >= 0.6 is 0 Å². The summed E-state index contributed by atoms with van der Waals surface area (Å²) >= 11 is 0. The predicted octanol–water partition coefficient (Wildman–Crippen LogP) is 7.06. The molecule has 2 heteroatoms. The topological polar surface area (TPSA) is 26.3 Å². The second kappa shape index (κ2) is 13.9. The van der Waals surface area contributed by atoms with Crippen LogP contribution in [0.5, 0.6) is 0 Å². The van der Waals surface area contributed by atoms with Crippen LogP contribution in [0.2, 0.25) is 0 Å². The van der Waals surface area contributed by atoms with Gasteiger partial charge >= 0.3 is 5.97 Å². The van der Waals surface area contributed by atoms with E-state index in [1.165, 1.54) is 19.3 Å². The molecule has 0 saturated heterocycles. The summed E-state index contributed by atoms with van der Waals surface area (Å²) in [5.41, 5.74) is -0.196. The number of carbonyl (C=O) groups excluding carboxylic acids is 1. The Morgan fingerprint density at radius 3 is 1.57 bits per heavy atom. The summed E-state index contributed by atoms with van der Waals surface area (Å²) in [5.74, 6) is 0.170.